The Morgan fingerprint density at radius 3 is 2.39 bits per heavy atom. The number of phenolic OH excluding ortho intramolecular Hbond substituents is 1. The number of nitrogens with one attached hydrogen (secondary N) is 1. The van der Waals surface area contributed by atoms with Gasteiger partial charge in [-0.25, -0.2) is 8.42 Å². The van der Waals surface area contributed by atoms with Crippen LogP contribution in [0.3, 0.4) is 0 Å². The van der Waals surface area contributed by atoms with Gasteiger partial charge in [0, 0.05) is 27.5 Å². The molecule has 0 spiro atoms. The van der Waals surface area contributed by atoms with Crippen LogP contribution >= 0.6 is 23.2 Å². The van der Waals surface area contributed by atoms with Crippen LogP contribution in [0.1, 0.15) is 0 Å². The van der Waals surface area contributed by atoms with Gasteiger partial charge in [0.15, 0.2) is 9.84 Å². The lowest BCUT2D eigenvalue weighted by molar-refractivity contribution is -0.115. The van der Waals surface area contributed by atoms with Gasteiger partial charge in [-0.05, 0) is 30.3 Å². The van der Waals surface area contributed by atoms with E-state index in [0.717, 1.165) is 0 Å². The van der Waals surface area contributed by atoms with Crippen molar-refractivity contribution in [3.63, 3.8) is 0 Å². The first-order valence-electron chi connectivity index (χ1n) is 8.33. The van der Waals surface area contributed by atoms with Crippen LogP contribution in [0.4, 0.5) is 11.4 Å². The molecular weight excluding hydrogens is 427 g/mol. The second-order valence-electron chi connectivity index (χ2n) is 6.57. The van der Waals surface area contributed by atoms with Crippen molar-refractivity contribution >= 4 is 50.3 Å². The molecule has 2 aromatic rings. The highest BCUT2D eigenvalue weighted by atomic mass is 35.5. The van der Waals surface area contributed by atoms with E-state index in [9.17, 15) is 23.4 Å². The van der Waals surface area contributed by atoms with Crippen molar-refractivity contribution in [2.45, 2.75) is 12.1 Å². The molecule has 28 heavy (non-hydrogen) atoms. The molecule has 1 aliphatic rings. The van der Waals surface area contributed by atoms with Crippen molar-refractivity contribution in [2.75, 3.05) is 28.3 Å². The van der Waals surface area contributed by atoms with Crippen molar-refractivity contribution in [1.29, 1.82) is 0 Å². The van der Waals surface area contributed by atoms with Crippen LogP contribution in [-0.2, 0) is 14.6 Å². The first-order chi connectivity index (χ1) is 13.1. The predicted molar refractivity (Wildman–Crippen MR) is 109 cm³/mol. The maximum absolute atomic E-state index is 12.6. The smallest absolute Gasteiger partial charge is 0.243 e. The molecule has 3 rings (SSSR count). The molecular formula is C18H18Cl2N2O5S. The molecule has 1 fully saturated rings. The van der Waals surface area contributed by atoms with Crippen molar-refractivity contribution in [1.82, 2.24) is 0 Å². The molecule has 2 unspecified atom stereocenters. The summed E-state index contributed by atoms with van der Waals surface area (Å²) in [6.45, 7) is -0.245. The summed E-state index contributed by atoms with van der Waals surface area (Å²) >= 11 is 11.9. The van der Waals surface area contributed by atoms with Gasteiger partial charge in [0.05, 0.1) is 30.2 Å². The quantitative estimate of drug-likeness (QED) is 0.652. The molecule has 7 nitrogen and oxygen atoms in total. The minimum Gasteiger partial charge on any atom is -0.508 e. The number of carbonyl (C=O) groups excluding carboxylic acids is 1. The molecule has 1 saturated heterocycles. The SMILES string of the molecule is O=C(CN(c1cccc(O)c1)C1CS(=O)(=O)CC1O)Nc1cc(Cl)cc(Cl)c1. The molecule has 0 saturated carbocycles. The van der Waals surface area contributed by atoms with E-state index in [1.165, 1.54) is 35.2 Å². The number of aliphatic hydroxyl groups is 1. The number of sulfone groups is 1. The number of rotatable bonds is 5. The molecule has 0 radical (unpaired) electrons. The first-order valence-corrected chi connectivity index (χ1v) is 10.9. The maximum atomic E-state index is 12.6. The fraction of sp³-hybridized carbons (Fsp3) is 0.278. The lowest BCUT2D eigenvalue weighted by Gasteiger charge is -2.31. The average Bonchev–Trinajstić information content (AvgIpc) is 2.84. The van der Waals surface area contributed by atoms with Crippen molar-refractivity contribution in [2.24, 2.45) is 0 Å². The molecule has 1 amide bonds. The fourth-order valence-electron chi connectivity index (χ4n) is 3.16. The number of hydrogen-bond acceptors (Lipinski definition) is 6. The van der Waals surface area contributed by atoms with Gasteiger partial charge >= 0.3 is 0 Å². The number of anilines is 2. The van der Waals surface area contributed by atoms with E-state index in [4.69, 9.17) is 23.2 Å². The Labute approximate surface area is 172 Å². The first kappa shape index (κ1) is 20.7. The Bertz CT molecular complexity index is 979. The number of aromatic hydroxyl groups is 1. The summed E-state index contributed by atoms with van der Waals surface area (Å²) in [4.78, 5) is 14.1. The van der Waals surface area contributed by atoms with E-state index in [2.05, 4.69) is 5.32 Å². The third-order valence-electron chi connectivity index (χ3n) is 4.32. The standard InChI is InChI=1S/C18H18Cl2N2O5S/c19-11-4-12(20)6-13(5-11)21-18(25)8-22(14-2-1-3-15(23)7-14)16-9-28(26,27)10-17(16)24/h1-7,16-17,23-24H,8-10H2,(H,21,25). The summed E-state index contributed by atoms with van der Waals surface area (Å²) in [5.74, 6) is -1.17. The van der Waals surface area contributed by atoms with Crippen LogP contribution in [0.15, 0.2) is 42.5 Å². The van der Waals surface area contributed by atoms with E-state index in [0.29, 0.717) is 21.4 Å². The number of nitrogens with zero attached hydrogens (tertiary/aromatic N) is 1. The Morgan fingerprint density at radius 1 is 1.14 bits per heavy atom. The highest BCUT2D eigenvalue weighted by Gasteiger charge is 2.40. The van der Waals surface area contributed by atoms with Crippen LogP contribution in [-0.4, -0.2) is 54.7 Å². The van der Waals surface area contributed by atoms with Crippen LogP contribution in [0.25, 0.3) is 0 Å². The minimum absolute atomic E-state index is 0.0418. The number of phenols is 1. The van der Waals surface area contributed by atoms with Gasteiger partial charge in [-0.3, -0.25) is 4.79 Å². The summed E-state index contributed by atoms with van der Waals surface area (Å²) in [7, 11) is -3.43. The molecule has 10 heteroatoms. The molecule has 1 aliphatic heterocycles. The topological polar surface area (TPSA) is 107 Å². The monoisotopic (exact) mass is 444 g/mol. The highest BCUT2D eigenvalue weighted by molar-refractivity contribution is 7.91. The molecule has 1 heterocycles. The molecule has 150 valence electrons. The van der Waals surface area contributed by atoms with E-state index in [-0.39, 0.29) is 23.8 Å². The molecule has 0 aliphatic carbocycles. The summed E-state index contributed by atoms with van der Waals surface area (Å²) in [6.07, 6.45) is -1.15. The number of aliphatic hydroxyl groups excluding tert-OH is 1. The maximum Gasteiger partial charge on any atom is 0.243 e. The largest absolute Gasteiger partial charge is 0.508 e. The van der Waals surface area contributed by atoms with Crippen molar-refractivity contribution in [3.05, 3.63) is 52.5 Å². The third-order valence-corrected chi connectivity index (χ3v) is 6.45. The predicted octanol–water partition coefficient (Wildman–Crippen LogP) is 2.30. The van der Waals surface area contributed by atoms with E-state index >= 15 is 0 Å². The second kappa shape index (κ2) is 8.16. The Morgan fingerprint density at radius 2 is 1.82 bits per heavy atom. The molecule has 2 atom stereocenters. The van der Waals surface area contributed by atoms with Crippen LogP contribution < -0.4 is 10.2 Å². The van der Waals surface area contributed by atoms with Crippen molar-refractivity contribution in [3.8, 4) is 5.75 Å². The zero-order valence-corrected chi connectivity index (χ0v) is 16.9. The van der Waals surface area contributed by atoms with Crippen molar-refractivity contribution < 1.29 is 23.4 Å². The summed E-state index contributed by atoms with van der Waals surface area (Å²) in [5.41, 5.74) is 0.804. The van der Waals surface area contributed by atoms with Gasteiger partial charge in [-0.15, -0.1) is 0 Å². The highest BCUT2D eigenvalue weighted by Crippen LogP contribution is 2.28. The van der Waals surface area contributed by atoms with Crippen LogP contribution in [0.2, 0.25) is 10.0 Å². The van der Waals surface area contributed by atoms with E-state index < -0.39 is 27.9 Å². The molecule has 0 aromatic heterocycles. The number of halogens is 2. The van der Waals surface area contributed by atoms with Gasteiger partial charge in [-0.1, -0.05) is 29.3 Å². The number of amides is 1. The Balaban J connectivity index is 1.85. The number of benzene rings is 2. The molecule has 0 bridgehead atoms. The Hall–Kier alpha value is -2.00. The van der Waals surface area contributed by atoms with Gasteiger partial charge in [-0.2, -0.15) is 0 Å². The second-order valence-corrected chi connectivity index (χ2v) is 9.59. The fourth-order valence-corrected chi connectivity index (χ4v) is 5.49. The summed E-state index contributed by atoms with van der Waals surface area (Å²) in [5, 5.41) is 23.4. The normalized spacial score (nSPS) is 20.7. The van der Waals surface area contributed by atoms with E-state index in [1.807, 2.05) is 0 Å². The average molecular weight is 445 g/mol. The lowest BCUT2D eigenvalue weighted by Crippen LogP contribution is -2.47. The number of carbonyl (C=O) groups is 1. The minimum atomic E-state index is -3.43. The zero-order valence-electron chi connectivity index (χ0n) is 14.5. The lowest BCUT2D eigenvalue weighted by atomic mass is 10.1. The number of hydrogen-bond donors (Lipinski definition) is 3. The summed E-state index contributed by atoms with van der Waals surface area (Å²) in [6, 6.07) is 9.82. The van der Waals surface area contributed by atoms with Crippen LogP contribution in [0.5, 0.6) is 5.75 Å². The van der Waals surface area contributed by atoms with Crippen LogP contribution in [0, 0.1) is 0 Å². The molecule has 2 aromatic carbocycles. The van der Waals surface area contributed by atoms with Gasteiger partial charge in [0.25, 0.3) is 0 Å². The zero-order chi connectivity index (χ0) is 20.5. The van der Waals surface area contributed by atoms with Gasteiger partial charge in [0.1, 0.15) is 5.75 Å². The van der Waals surface area contributed by atoms with Gasteiger partial charge in [0.2, 0.25) is 5.91 Å². The van der Waals surface area contributed by atoms with E-state index in [1.54, 1.807) is 12.1 Å². The Kier molecular flexibility index (Phi) is 6.04. The summed E-state index contributed by atoms with van der Waals surface area (Å²) < 4.78 is 23.9. The third kappa shape index (κ3) is 5.08. The van der Waals surface area contributed by atoms with Gasteiger partial charge < -0.3 is 20.4 Å². The molecule has 3 N–H and O–H groups in total.